The lowest BCUT2D eigenvalue weighted by Gasteiger charge is -2.32. The van der Waals surface area contributed by atoms with Crippen LogP contribution in [0.3, 0.4) is 0 Å². The number of anilines is 1. The van der Waals surface area contributed by atoms with Gasteiger partial charge in [0, 0.05) is 29.4 Å². The number of nitrogens with zero attached hydrogens (tertiary/aromatic N) is 2. The highest BCUT2D eigenvalue weighted by atomic mass is 35.5. The minimum atomic E-state index is -1.11. The first-order valence-electron chi connectivity index (χ1n) is 13.3. The maximum absolute atomic E-state index is 14.2. The summed E-state index contributed by atoms with van der Waals surface area (Å²) in [4.78, 5) is 42.4. The number of rotatable bonds is 5. The Morgan fingerprint density at radius 1 is 1.05 bits per heavy atom. The van der Waals surface area contributed by atoms with Gasteiger partial charge in [-0.1, -0.05) is 74.8 Å². The zero-order valence-electron chi connectivity index (χ0n) is 22.4. The lowest BCUT2D eigenvalue weighted by molar-refractivity contribution is -0.151. The molecule has 0 radical (unpaired) electrons. The summed E-state index contributed by atoms with van der Waals surface area (Å²) in [6.07, 6.45) is -1.01. The lowest BCUT2D eigenvalue weighted by atomic mass is 9.93. The van der Waals surface area contributed by atoms with Crippen molar-refractivity contribution in [1.82, 2.24) is 4.90 Å². The van der Waals surface area contributed by atoms with Gasteiger partial charge in [-0.25, -0.2) is 4.79 Å². The molecular weight excluding hydrogens is 516 g/mol. The van der Waals surface area contributed by atoms with Gasteiger partial charge in [-0.05, 0) is 52.8 Å². The molecule has 0 bridgehead atoms. The van der Waals surface area contributed by atoms with Crippen molar-refractivity contribution in [3.63, 3.8) is 0 Å². The number of amides is 2. The summed E-state index contributed by atoms with van der Waals surface area (Å²) in [7, 11) is 0. The van der Waals surface area contributed by atoms with E-state index < -0.39 is 30.1 Å². The van der Waals surface area contributed by atoms with E-state index in [2.05, 4.69) is 0 Å². The van der Waals surface area contributed by atoms with Gasteiger partial charge < -0.3 is 19.6 Å². The van der Waals surface area contributed by atoms with E-state index in [9.17, 15) is 19.5 Å². The Morgan fingerprint density at radius 3 is 2.54 bits per heavy atom. The molecule has 7 nitrogen and oxygen atoms in total. The molecular formula is C31H33ClN2O5. The lowest BCUT2D eigenvalue weighted by Crippen LogP contribution is -2.47. The largest absolute Gasteiger partial charge is 0.480 e. The van der Waals surface area contributed by atoms with E-state index in [0.717, 1.165) is 21.9 Å². The smallest absolute Gasteiger partial charge is 0.326 e. The van der Waals surface area contributed by atoms with Crippen molar-refractivity contribution in [3.05, 3.63) is 76.8 Å². The molecule has 2 heterocycles. The number of ether oxygens (including phenoxy) is 1. The Bertz CT molecular complexity index is 1430. The predicted octanol–water partition coefficient (Wildman–Crippen LogP) is 5.83. The normalized spacial score (nSPS) is 21.6. The number of hydrogen-bond donors (Lipinski definition) is 1. The molecule has 1 saturated heterocycles. The van der Waals surface area contributed by atoms with E-state index in [1.165, 1.54) is 4.90 Å². The van der Waals surface area contributed by atoms with Gasteiger partial charge in [-0.3, -0.25) is 9.59 Å². The molecule has 0 aliphatic carbocycles. The van der Waals surface area contributed by atoms with Gasteiger partial charge in [0.2, 0.25) is 5.91 Å². The van der Waals surface area contributed by atoms with E-state index in [1.807, 2.05) is 75.4 Å². The van der Waals surface area contributed by atoms with Gasteiger partial charge >= 0.3 is 5.97 Å². The van der Waals surface area contributed by atoms with Gasteiger partial charge in [-0.2, -0.15) is 0 Å². The van der Waals surface area contributed by atoms with Crippen LogP contribution < -0.4 is 4.90 Å². The fourth-order valence-corrected chi connectivity index (χ4v) is 5.84. The van der Waals surface area contributed by atoms with Crippen LogP contribution in [0.4, 0.5) is 5.69 Å². The highest BCUT2D eigenvalue weighted by Crippen LogP contribution is 2.43. The minimum absolute atomic E-state index is 0.244. The SMILES string of the molecule is CC(C)(C)CN1C(=O)C(CC(=O)N2CCC[C@H]2C(=O)O)OC(c2cccc3ccccc23)c2cc(Cl)ccc21. The average molecular weight is 549 g/mol. The zero-order chi connectivity index (χ0) is 27.9. The number of carboxylic acid groups (broad SMARTS) is 1. The van der Waals surface area contributed by atoms with Crippen molar-refractivity contribution in [2.75, 3.05) is 18.0 Å². The molecule has 0 aromatic heterocycles. The number of carboxylic acids is 1. The molecule has 3 aromatic carbocycles. The molecule has 1 fully saturated rings. The Morgan fingerprint density at radius 2 is 1.79 bits per heavy atom. The van der Waals surface area contributed by atoms with Gasteiger partial charge in [0.25, 0.3) is 5.91 Å². The van der Waals surface area contributed by atoms with Crippen LogP contribution in [0.2, 0.25) is 5.02 Å². The van der Waals surface area contributed by atoms with Crippen LogP contribution in [-0.2, 0) is 19.1 Å². The number of aliphatic carboxylic acids is 1. The molecule has 204 valence electrons. The summed E-state index contributed by atoms with van der Waals surface area (Å²) in [6, 6.07) is 18.5. The number of hydrogen-bond acceptors (Lipinski definition) is 4. The first kappa shape index (κ1) is 27.2. The van der Waals surface area contributed by atoms with Gasteiger partial charge in [0.05, 0.1) is 6.42 Å². The second-order valence-electron chi connectivity index (χ2n) is 11.5. The maximum atomic E-state index is 14.2. The summed E-state index contributed by atoms with van der Waals surface area (Å²) in [5.41, 5.74) is 2.06. The molecule has 3 aromatic rings. The first-order chi connectivity index (χ1) is 18.5. The molecule has 3 atom stereocenters. The molecule has 39 heavy (non-hydrogen) atoms. The zero-order valence-corrected chi connectivity index (χ0v) is 23.1. The molecule has 2 aliphatic rings. The van der Waals surface area contributed by atoms with Crippen molar-refractivity contribution in [1.29, 1.82) is 0 Å². The third-order valence-electron chi connectivity index (χ3n) is 7.36. The maximum Gasteiger partial charge on any atom is 0.326 e. The molecule has 8 heteroatoms. The second-order valence-corrected chi connectivity index (χ2v) is 12.0. The van der Waals surface area contributed by atoms with Crippen molar-refractivity contribution in [2.45, 2.75) is 58.3 Å². The van der Waals surface area contributed by atoms with Crippen LogP contribution in [0.5, 0.6) is 0 Å². The number of likely N-dealkylation sites (tertiary alicyclic amines) is 1. The second kappa shape index (κ2) is 10.6. The predicted molar refractivity (Wildman–Crippen MR) is 151 cm³/mol. The summed E-state index contributed by atoms with van der Waals surface area (Å²) in [5.74, 6) is -1.75. The molecule has 1 N–H and O–H groups in total. The van der Waals surface area contributed by atoms with Crippen molar-refractivity contribution in [3.8, 4) is 0 Å². The molecule has 0 saturated carbocycles. The molecule has 2 unspecified atom stereocenters. The van der Waals surface area contributed by atoms with E-state index in [1.54, 1.807) is 11.0 Å². The highest BCUT2D eigenvalue weighted by Gasteiger charge is 2.42. The molecule has 5 rings (SSSR count). The van der Waals surface area contributed by atoms with Crippen molar-refractivity contribution >= 4 is 45.8 Å². The summed E-state index contributed by atoms with van der Waals surface area (Å²) < 4.78 is 6.63. The van der Waals surface area contributed by atoms with Gasteiger partial charge in [-0.15, -0.1) is 0 Å². The van der Waals surface area contributed by atoms with Gasteiger partial charge in [0.1, 0.15) is 18.2 Å². The standard InChI is InChI=1S/C31H33ClN2O5/c1-31(2,3)18-34-24-14-13-20(32)16-23(24)28(22-11-6-9-19-8-4-5-10-21(19)22)39-26(29(34)36)17-27(35)33-15-7-12-25(33)30(37)38/h4-6,8-11,13-14,16,25-26,28H,7,12,15,17-18H2,1-3H3,(H,37,38)/t25-,26?,28?/m0/s1. The Labute approximate surface area is 233 Å². The Hall–Kier alpha value is -3.42. The topological polar surface area (TPSA) is 87.2 Å². The first-order valence-corrected chi connectivity index (χ1v) is 13.7. The van der Waals surface area contributed by atoms with Gasteiger partial charge in [0.15, 0.2) is 0 Å². The van der Waals surface area contributed by atoms with Crippen LogP contribution in [0, 0.1) is 5.41 Å². The fourth-order valence-electron chi connectivity index (χ4n) is 5.66. The van der Waals surface area contributed by atoms with Crippen LogP contribution in [0.1, 0.15) is 57.3 Å². The highest BCUT2D eigenvalue weighted by molar-refractivity contribution is 6.30. The van der Waals surface area contributed by atoms with Crippen LogP contribution in [0.15, 0.2) is 60.7 Å². The minimum Gasteiger partial charge on any atom is -0.480 e. The molecule has 2 amide bonds. The summed E-state index contributed by atoms with van der Waals surface area (Å²) in [6.45, 7) is 6.90. The quantitative estimate of drug-likeness (QED) is 0.434. The van der Waals surface area contributed by atoms with Crippen LogP contribution >= 0.6 is 11.6 Å². The third kappa shape index (κ3) is 5.52. The number of carbonyl (C=O) groups is 3. The molecule has 2 aliphatic heterocycles. The Kier molecular flexibility index (Phi) is 7.40. The fraction of sp³-hybridized carbons (Fsp3) is 0.387. The van der Waals surface area contributed by atoms with Crippen LogP contribution in [0.25, 0.3) is 10.8 Å². The molecule has 0 spiro atoms. The number of halogens is 1. The van der Waals surface area contributed by atoms with E-state index in [0.29, 0.717) is 36.6 Å². The summed E-state index contributed by atoms with van der Waals surface area (Å²) >= 11 is 6.50. The van der Waals surface area contributed by atoms with E-state index >= 15 is 0 Å². The van der Waals surface area contributed by atoms with Crippen LogP contribution in [-0.4, -0.2) is 53.0 Å². The van der Waals surface area contributed by atoms with E-state index in [-0.39, 0.29) is 17.7 Å². The van der Waals surface area contributed by atoms with E-state index in [4.69, 9.17) is 16.3 Å². The Balaban J connectivity index is 1.63. The van der Waals surface area contributed by atoms with Crippen molar-refractivity contribution < 1.29 is 24.2 Å². The number of benzene rings is 3. The van der Waals surface area contributed by atoms with Crippen molar-refractivity contribution in [2.24, 2.45) is 5.41 Å². The number of fused-ring (bicyclic) bond motifs is 2. The monoisotopic (exact) mass is 548 g/mol. The number of carbonyl (C=O) groups excluding carboxylic acids is 2. The average Bonchev–Trinajstić information content (AvgIpc) is 3.36. The summed E-state index contributed by atoms with van der Waals surface area (Å²) in [5, 5.41) is 12.1. The third-order valence-corrected chi connectivity index (χ3v) is 7.60.